The molecule has 1 heterocycles. The van der Waals surface area contributed by atoms with E-state index in [1.165, 1.54) is 16.0 Å². The maximum absolute atomic E-state index is 5.76. The molecule has 0 aliphatic rings. The molecule has 0 aliphatic heterocycles. The molecule has 1 atom stereocenters. The van der Waals surface area contributed by atoms with Crippen molar-refractivity contribution in [3.63, 3.8) is 0 Å². The topological polar surface area (TPSA) is 26.0 Å². The van der Waals surface area contributed by atoms with Gasteiger partial charge in [0, 0.05) is 10.9 Å². The van der Waals surface area contributed by atoms with E-state index < -0.39 is 0 Å². The molecule has 0 saturated heterocycles. The van der Waals surface area contributed by atoms with E-state index in [2.05, 4.69) is 41.8 Å². The molecule has 2 aromatic rings. The zero-order chi connectivity index (χ0) is 10.7. The molecular formula is C13H15NS. The fourth-order valence-corrected chi connectivity index (χ4v) is 2.35. The van der Waals surface area contributed by atoms with Crippen LogP contribution in [-0.2, 0) is 6.42 Å². The summed E-state index contributed by atoms with van der Waals surface area (Å²) in [6.07, 6.45) is 0.949. The molecule has 0 amide bonds. The van der Waals surface area contributed by atoms with Gasteiger partial charge in [0.15, 0.2) is 0 Å². The smallest absolute Gasteiger partial charge is 0.0342 e. The summed E-state index contributed by atoms with van der Waals surface area (Å²) in [5.74, 6) is 0. The molecule has 0 radical (unpaired) electrons. The van der Waals surface area contributed by atoms with Crippen molar-refractivity contribution in [2.45, 2.75) is 19.4 Å². The Labute approximate surface area is 94.6 Å². The molecule has 1 aromatic carbocycles. The van der Waals surface area contributed by atoms with Crippen LogP contribution in [0.1, 0.15) is 12.5 Å². The summed E-state index contributed by atoms with van der Waals surface area (Å²) < 4.78 is 0. The molecular weight excluding hydrogens is 202 g/mol. The van der Waals surface area contributed by atoms with Gasteiger partial charge in [-0.2, -0.15) is 0 Å². The molecule has 1 aromatic heterocycles. The van der Waals surface area contributed by atoms with Crippen LogP contribution in [0.2, 0.25) is 0 Å². The summed E-state index contributed by atoms with van der Waals surface area (Å²) in [5.41, 5.74) is 8.36. The second-order valence-electron chi connectivity index (χ2n) is 3.86. The molecule has 78 valence electrons. The van der Waals surface area contributed by atoms with Crippen molar-refractivity contribution < 1.29 is 0 Å². The van der Waals surface area contributed by atoms with Crippen molar-refractivity contribution in [2.24, 2.45) is 5.73 Å². The van der Waals surface area contributed by atoms with Crippen molar-refractivity contribution >= 4 is 11.3 Å². The van der Waals surface area contributed by atoms with Gasteiger partial charge in [-0.15, -0.1) is 11.3 Å². The monoisotopic (exact) mass is 217 g/mol. The maximum Gasteiger partial charge on any atom is 0.0342 e. The Balaban J connectivity index is 2.17. The van der Waals surface area contributed by atoms with Gasteiger partial charge >= 0.3 is 0 Å². The molecule has 0 bridgehead atoms. The minimum atomic E-state index is 0.234. The molecule has 0 spiro atoms. The normalized spacial score (nSPS) is 12.7. The van der Waals surface area contributed by atoms with Crippen molar-refractivity contribution in [1.29, 1.82) is 0 Å². The first-order valence-corrected chi connectivity index (χ1v) is 6.02. The van der Waals surface area contributed by atoms with Gasteiger partial charge in [-0.05, 0) is 35.9 Å². The van der Waals surface area contributed by atoms with Crippen LogP contribution in [0, 0.1) is 0 Å². The molecule has 0 aliphatic carbocycles. The zero-order valence-corrected chi connectivity index (χ0v) is 9.63. The highest BCUT2D eigenvalue weighted by atomic mass is 32.1. The van der Waals surface area contributed by atoms with E-state index in [0.29, 0.717) is 0 Å². The Morgan fingerprint density at radius 2 is 1.93 bits per heavy atom. The van der Waals surface area contributed by atoms with Gasteiger partial charge in [0.05, 0.1) is 0 Å². The van der Waals surface area contributed by atoms with Crippen LogP contribution in [0.25, 0.3) is 10.4 Å². The van der Waals surface area contributed by atoms with Crippen LogP contribution >= 0.6 is 11.3 Å². The number of thiophene rings is 1. The van der Waals surface area contributed by atoms with Crippen LogP contribution in [0.4, 0.5) is 0 Å². The first-order valence-electron chi connectivity index (χ1n) is 5.14. The summed E-state index contributed by atoms with van der Waals surface area (Å²) in [6.45, 7) is 2.03. The van der Waals surface area contributed by atoms with E-state index in [1.807, 2.05) is 6.92 Å². The molecule has 2 N–H and O–H groups in total. The quantitative estimate of drug-likeness (QED) is 0.838. The van der Waals surface area contributed by atoms with Crippen molar-refractivity contribution in [3.05, 3.63) is 47.3 Å². The van der Waals surface area contributed by atoms with Crippen molar-refractivity contribution in [1.82, 2.24) is 0 Å². The SMILES string of the molecule is C[C@@H](N)Cc1ccc(-c2cccs2)cc1. The van der Waals surface area contributed by atoms with E-state index in [9.17, 15) is 0 Å². The lowest BCUT2D eigenvalue weighted by Gasteiger charge is -2.05. The molecule has 2 rings (SSSR count). The van der Waals surface area contributed by atoms with E-state index in [1.54, 1.807) is 11.3 Å². The fraction of sp³-hybridized carbons (Fsp3) is 0.231. The van der Waals surface area contributed by atoms with E-state index >= 15 is 0 Å². The standard InChI is InChI=1S/C13H15NS/c1-10(14)9-11-4-6-12(7-5-11)13-3-2-8-15-13/h2-8,10H,9,14H2,1H3/t10-/m1/s1. The van der Waals surface area contributed by atoms with Gasteiger partial charge in [-0.3, -0.25) is 0 Å². The van der Waals surface area contributed by atoms with Gasteiger partial charge in [-0.1, -0.05) is 30.3 Å². The Morgan fingerprint density at radius 3 is 2.47 bits per heavy atom. The van der Waals surface area contributed by atoms with Gasteiger partial charge in [0.2, 0.25) is 0 Å². The largest absolute Gasteiger partial charge is 0.328 e. The first-order chi connectivity index (χ1) is 7.25. The number of nitrogens with two attached hydrogens (primary N) is 1. The van der Waals surface area contributed by atoms with Crippen LogP contribution < -0.4 is 5.73 Å². The van der Waals surface area contributed by atoms with E-state index in [4.69, 9.17) is 5.73 Å². The van der Waals surface area contributed by atoms with Crippen LogP contribution in [0.5, 0.6) is 0 Å². The summed E-state index contributed by atoms with van der Waals surface area (Å²) in [4.78, 5) is 1.32. The number of benzene rings is 1. The van der Waals surface area contributed by atoms with Gasteiger partial charge in [0.25, 0.3) is 0 Å². The van der Waals surface area contributed by atoms with Gasteiger partial charge in [-0.25, -0.2) is 0 Å². The number of rotatable bonds is 3. The Kier molecular flexibility index (Phi) is 3.19. The predicted octanol–water partition coefficient (Wildman–Crippen LogP) is 3.30. The van der Waals surface area contributed by atoms with Gasteiger partial charge in [0.1, 0.15) is 0 Å². The highest BCUT2D eigenvalue weighted by Crippen LogP contribution is 2.24. The van der Waals surface area contributed by atoms with E-state index in [-0.39, 0.29) is 6.04 Å². The van der Waals surface area contributed by atoms with Crippen molar-refractivity contribution in [3.8, 4) is 10.4 Å². The highest BCUT2D eigenvalue weighted by molar-refractivity contribution is 7.13. The predicted molar refractivity (Wildman–Crippen MR) is 67.1 cm³/mol. The second-order valence-corrected chi connectivity index (χ2v) is 4.80. The first kappa shape index (κ1) is 10.4. The molecule has 1 nitrogen and oxygen atoms in total. The highest BCUT2D eigenvalue weighted by Gasteiger charge is 2.00. The van der Waals surface area contributed by atoms with Crippen LogP contribution in [0.3, 0.4) is 0 Å². The lowest BCUT2D eigenvalue weighted by atomic mass is 10.1. The second kappa shape index (κ2) is 4.60. The minimum absolute atomic E-state index is 0.234. The summed E-state index contributed by atoms with van der Waals surface area (Å²) in [7, 11) is 0. The van der Waals surface area contributed by atoms with E-state index in [0.717, 1.165) is 6.42 Å². The Morgan fingerprint density at radius 1 is 1.20 bits per heavy atom. The molecule has 0 unspecified atom stereocenters. The van der Waals surface area contributed by atoms with Gasteiger partial charge < -0.3 is 5.73 Å². The average molecular weight is 217 g/mol. The zero-order valence-electron chi connectivity index (χ0n) is 8.81. The Bertz CT molecular complexity index is 401. The Hall–Kier alpha value is -1.12. The van der Waals surface area contributed by atoms with Crippen molar-refractivity contribution in [2.75, 3.05) is 0 Å². The third kappa shape index (κ3) is 2.67. The third-order valence-corrected chi connectivity index (χ3v) is 3.24. The van der Waals surface area contributed by atoms with Crippen LogP contribution in [-0.4, -0.2) is 6.04 Å². The minimum Gasteiger partial charge on any atom is -0.328 e. The summed E-state index contributed by atoms with van der Waals surface area (Å²) >= 11 is 1.77. The summed E-state index contributed by atoms with van der Waals surface area (Å²) in [5, 5.41) is 2.10. The lowest BCUT2D eigenvalue weighted by molar-refractivity contribution is 0.738. The third-order valence-electron chi connectivity index (χ3n) is 2.32. The average Bonchev–Trinajstić information content (AvgIpc) is 2.71. The molecule has 0 fully saturated rings. The molecule has 0 saturated carbocycles. The number of hydrogen-bond donors (Lipinski definition) is 1. The summed E-state index contributed by atoms with van der Waals surface area (Å²) in [6, 6.07) is 13.1. The van der Waals surface area contributed by atoms with Crippen LogP contribution in [0.15, 0.2) is 41.8 Å². The molecule has 2 heteroatoms. The maximum atomic E-state index is 5.76. The lowest BCUT2D eigenvalue weighted by Crippen LogP contribution is -2.17. The number of hydrogen-bond acceptors (Lipinski definition) is 2. The molecule has 15 heavy (non-hydrogen) atoms. The fourth-order valence-electron chi connectivity index (χ4n) is 1.62.